The van der Waals surface area contributed by atoms with Crippen LogP contribution in [0.15, 0.2) is 71.6 Å². The van der Waals surface area contributed by atoms with Crippen molar-refractivity contribution in [3.8, 4) is 6.07 Å². The summed E-state index contributed by atoms with van der Waals surface area (Å²) in [4.78, 5) is 12.0. The second kappa shape index (κ2) is 8.65. The van der Waals surface area contributed by atoms with Crippen LogP contribution in [0.25, 0.3) is 10.8 Å². The van der Waals surface area contributed by atoms with E-state index in [1.165, 1.54) is 6.07 Å². The van der Waals surface area contributed by atoms with Gasteiger partial charge in [0.15, 0.2) is 0 Å². The maximum atomic E-state index is 12.4. The first-order valence-electron chi connectivity index (χ1n) is 8.61. The topological polar surface area (TPSA) is 96.3 Å². The maximum absolute atomic E-state index is 12.4. The number of carbonyl (C=O) groups excluding carboxylic acids is 1. The van der Waals surface area contributed by atoms with Gasteiger partial charge < -0.3 is 4.74 Å². The van der Waals surface area contributed by atoms with E-state index in [4.69, 9.17) is 10.00 Å². The monoisotopic (exact) mass is 394 g/mol. The number of hydrogen-bond donors (Lipinski definition) is 1. The summed E-state index contributed by atoms with van der Waals surface area (Å²) in [5, 5.41) is 10.5. The van der Waals surface area contributed by atoms with Gasteiger partial charge in [-0.2, -0.15) is 5.26 Å². The fourth-order valence-corrected chi connectivity index (χ4v) is 3.68. The molecule has 0 heterocycles. The maximum Gasteiger partial charge on any atom is 0.307 e. The van der Waals surface area contributed by atoms with Crippen LogP contribution in [0.3, 0.4) is 0 Å². The number of carbonyl (C=O) groups is 1. The van der Waals surface area contributed by atoms with Gasteiger partial charge in [-0.1, -0.05) is 42.5 Å². The molecule has 0 unspecified atom stereocenters. The molecule has 0 amide bonds. The molecule has 3 aromatic carbocycles. The predicted molar refractivity (Wildman–Crippen MR) is 105 cm³/mol. The smallest absolute Gasteiger partial charge is 0.307 e. The first-order valence-corrected chi connectivity index (χ1v) is 10.1. The Hall–Kier alpha value is -3.21. The number of esters is 1. The highest BCUT2D eigenvalue weighted by molar-refractivity contribution is 7.89. The molecule has 0 aromatic heterocycles. The third kappa shape index (κ3) is 4.94. The van der Waals surface area contributed by atoms with Crippen LogP contribution in [0, 0.1) is 11.3 Å². The van der Waals surface area contributed by atoms with Crippen LogP contribution in [0.5, 0.6) is 0 Å². The molecular weight excluding hydrogens is 376 g/mol. The molecule has 0 saturated heterocycles. The van der Waals surface area contributed by atoms with Gasteiger partial charge in [-0.05, 0) is 40.6 Å². The van der Waals surface area contributed by atoms with Crippen LogP contribution in [0.1, 0.15) is 17.5 Å². The second-order valence-corrected chi connectivity index (χ2v) is 7.89. The first kappa shape index (κ1) is 19.5. The van der Waals surface area contributed by atoms with E-state index in [-0.39, 0.29) is 24.5 Å². The number of nitrogens with zero attached hydrogens (tertiary/aromatic N) is 1. The van der Waals surface area contributed by atoms with Gasteiger partial charge in [-0.3, -0.25) is 4.79 Å². The molecule has 0 aliphatic rings. The molecule has 3 rings (SSSR count). The highest BCUT2D eigenvalue weighted by Gasteiger charge is 2.15. The summed E-state index contributed by atoms with van der Waals surface area (Å²) < 4.78 is 32.4. The highest BCUT2D eigenvalue weighted by atomic mass is 32.2. The second-order valence-electron chi connectivity index (χ2n) is 6.13. The Labute approximate surface area is 163 Å². The normalized spacial score (nSPS) is 11.1. The van der Waals surface area contributed by atoms with Crippen molar-refractivity contribution in [3.63, 3.8) is 0 Å². The molecule has 0 spiro atoms. The van der Waals surface area contributed by atoms with Crippen LogP contribution >= 0.6 is 0 Å². The summed E-state index contributed by atoms with van der Waals surface area (Å²) in [7, 11) is -3.71. The summed E-state index contributed by atoms with van der Waals surface area (Å²) in [5.41, 5.74) is 1.28. The Morgan fingerprint density at radius 2 is 1.71 bits per heavy atom. The van der Waals surface area contributed by atoms with Crippen LogP contribution in [-0.4, -0.2) is 20.9 Å². The number of benzene rings is 3. The predicted octanol–water partition coefficient (Wildman–Crippen LogP) is 3.12. The van der Waals surface area contributed by atoms with Gasteiger partial charge in [0.25, 0.3) is 0 Å². The number of rotatable bonds is 7. The molecule has 0 fully saturated rings. The van der Waals surface area contributed by atoms with Gasteiger partial charge in [0.1, 0.15) is 6.61 Å². The largest absolute Gasteiger partial charge is 0.461 e. The fraction of sp³-hybridized carbons (Fsp3) is 0.143. The Bertz CT molecular complexity index is 1130. The van der Waals surface area contributed by atoms with Gasteiger partial charge >= 0.3 is 5.97 Å². The van der Waals surface area contributed by atoms with Crippen molar-refractivity contribution in [3.05, 3.63) is 77.9 Å². The Kier molecular flexibility index (Phi) is 6.04. The molecule has 0 aliphatic heterocycles. The Morgan fingerprint density at radius 1 is 1.00 bits per heavy atom. The standard InChI is InChI=1S/C21H18N2O4S/c22-14-16-5-7-17(8-6-16)15-27-21(24)11-12-23-28(25,26)20-10-9-18-3-1-2-4-19(18)13-20/h1-10,13,23H,11-12,15H2. The molecular formula is C21H18N2O4S. The zero-order valence-electron chi connectivity index (χ0n) is 15.0. The SMILES string of the molecule is N#Cc1ccc(COC(=O)CCNS(=O)(=O)c2ccc3ccccc3c2)cc1. The Morgan fingerprint density at radius 3 is 2.43 bits per heavy atom. The van der Waals surface area contributed by atoms with Gasteiger partial charge in [-0.15, -0.1) is 0 Å². The van der Waals surface area contributed by atoms with E-state index in [0.29, 0.717) is 5.56 Å². The van der Waals surface area contributed by atoms with Gasteiger partial charge in [0, 0.05) is 6.54 Å². The zero-order valence-corrected chi connectivity index (χ0v) is 15.8. The van der Waals surface area contributed by atoms with Crippen molar-refractivity contribution < 1.29 is 17.9 Å². The molecule has 1 N–H and O–H groups in total. The Balaban J connectivity index is 1.51. The van der Waals surface area contributed by atoms with E-state index >= 15 is 0 Å². The number of ether oxygens (including phenoxy) is 1. The summed E-state index contributed by atoms with van der Waals surface area (Å²) in [5.74, 6) is -0.509. The number of nitriles is 1. The molecule has 0 bridgehead atoms. The van der Waals surface area contributed by atoms with E-state index in [0.717, 1.165) is 16.3 Å². The van der Waals surface area contributed by atoms with Crippen LogP contribution < -0.4 is 4.72 Å². The van der Waals surface area contributed by atoms with E-state index in [2.05, 4.69) is 4.72 Å². The van der Waals surface area contributed by atoms with Gasteiger partial charge in [0.05, 0.1) is 22.9 Å². The lowest BCUT2D eigenvalue weighted by atomic mass is 10.1. The molecule has 7 heteroatoms. The van der Waals surface area contributed by atoms with Crippen LogP contribution in [-0.2, 0) is 26.2 Å². The third-order valence-corrected chi connectivity index (χ3v) is 5.59. The van der Waals surface area contributed by atoms with Crippen LogP contribution in [0.4, 0.5) is 0 Å². The lowest BCUT2D eigenvalue weighted by Crippen LogP contribution is -2.26. The molecule has 28 heavy (non-hydrogen) atoms. The van der Waals surface area contributed by atoms with Gasteiger partial charge in [-0.25, -0.2) is 13.1 Å². The van der Waals surface area contributed by atoms with Crippen LogP contribution in [0.2, 0.25) is 0 Å². The van der Waals surface area contributed by atoms with Crippen molar-refractivity contribution in [1.82, 2.24) is 4.72 Å². The van der Waals surface area contributed by atoms with Crippen molar-refractivity contribution in [2.75, 3.05) is 6.54 Å². The van der Waals surface area contributed by atoms with E-state index in [1.54, 1.807) is 36.4 Å². The van der Waals surface area contributed by atoms with Gasteiger partial charge in [0.2, 0.25) is 10.0 Å². The number of sulfonamides is 1. The lowest BCUT2D eigenvalue weighted by molar-refractivity contribution is -0.144. The van der Waals surface area contributed by atoms with E-state index in [1.807, 2.05) is 30.3 Å². The van der Waals surface area contributed by atoms with E-state index in [9.17, 15) is 13.2 Å². The zero-order chi connectivity index (χ0) is 20.0. The number of hydrogen-bond acceptors (Lipinski definition) is 5. The minimum absolute atomic E-state index is 0.0542. The molecule has 6 nitrogen and oxygen atoms in total. The van der Waals surface area contributed by atoms with Crippen molar-refractivity contribution in [2.45, 2.75) is 17.9 Å². The lowest BCUT2D eigenvalue weighted by Gasteiger charge is -2.08. The molecule has 0 aliphatic carbocycles. The average Bonchev–Trinajstić information content (AvgIpc) is 2.72. The molecule has 0 atom stereocenters. The molecule has 0 saturated carbocycles. The number of nitrogens with one attached hydrogen (secondary N) is 1. The highest BCUT2D eigenvalue weighted by Crippen LogP contribution is 2.18. The molecule has 3 aromatic rings. The fourth-order valence-electron chi connectivity index (χ4n) is 2.62. The summed E-state index contributed by atoms with van der Waals surface area (Å²) in [6.07, 6.45) is -0.0803. The number of fused-ring (bicyclic) bond motifs is 1. The average molecular weight is 394 g/mol. The minimum atomic E-state index is -3.71. The summed E-state index contributed by atoms with van der Waals surface area (Å²) >= 11 is 0. The first-order chi connectivity index (χ1) is 13.5. The molecule has 0 radical (unpaired) electrons. The summed E-state index contributed by atoms with van der Waals surface area (Å²) in [6, 6.07) is 21.1. The minimum Gasteiger partial charge on any atom is -0.461 e. The van der Waals surface area contributed by atoms with Crippen molar-refractivity contribution in [2.24, 2.45) is 0 Å². The quantitative estimate of drug-likeness (QED) is 0.621. The third-order valence-electron chi connectivity index (χ3n) is 4.14. The van der Waals surface area contributed by atoms with Crippen molar-refractivity contribution in [1.29, 1.82) is 5.26 Å². The molecule has 142 valence electrons. The van der Waals surface area contributed by atoms with E-state index < -0.39 is 16.0 Å². The van der Waals surface area contributed by atoms with Crippen molar-refractivity contribution >= 4 is 26.8 Å². The summed E-state index contributed by atoms with van der Waals surface area (Å²) in [6.45, 7) is 0.0172.